The number of aromatic nitrogens is 1. The molecule has 0 N–H and O–H groups in total. The Morgan fingerprint density at radius 2 is 2.12 bits per heavy atom. The summed E-state index contributed by atoms with van der Waals surface area (Å²) in [6.07, 6.45) is 2.73. The number of carbonyl (C=O) groups is 1. The molecule has 1 aliphatic rings. The van der Waals surface area contributed by atoms with Crippen molar-refractivity contribution in [1.82, 2.24) is 4.98 Å². The van der Waals surface area contributed by atoms with Gasteiger partial charge in [-0.3, -0.25) is 4.79 Å². The van der Waals surface area contributed by atoms with Gasteiger partial charge in [0.1, 0.15) is 12.3 Å². The Labute approximate surface area is 153 Å². The van der Waals surface area contributed by atoms with Crippen LogP contribution in [0.1, 0.15) is 47.4 Å². The number of pyridine rings is 1. The van der Waals surface area contributed by atoms with Crippen molar-refractivity contribution in [2.75, 3.05) is 19.5 Å². The monoisotopic (exact) mass is 351 g/mol. The lowest BCUT2D eigenvalue weighted by Crippen LogP contribution is -2.22. The van der Waals surface area contributed by atoms with E-state index in [0.29, 0.717) is 11.3 Å². The summed E-state index contributed by atoms with van der Waals surface area (Å²) in [4.78, 5) is 17.4. The third-order valence-electron chi connectivity index (χ3n) is 4.39. The molecule has 0 saturated carbocycles. The molecule has 2 aromatic rings. The van der Waals surface area contributed by atoms with Crippen LogP contribution >= 0.6 is 11.8 Å². The van der Waals surface area contributed by atoms with E-state index >= 15 is 0 Å². The quantitative estimate of drug-likeness (QED) is 0.617. The highest BCUT2D eigenvalue weighted by Gasteiger charge is 2.27. The van der Waals surface area contributed by atoms with Crippen molar-refractivity contribution >= 4 is 17.5 Å². The number of ether oxygens (including phenoxy) is 1. The molecular formula is C21H21NO2S. The minimum Gasteiger partial charge on any atom is -0.377 e. The summed E-state index contributed by atoms with van der Waals surface area (Å²) in [7, 11) is 1.50. The van der Waals surface area contributed by atoms with Gasteiger partial charge in [-0.25, -0.2) is 4.98 Å². The average Bonchev–Trinajstić information content (AvgIpc) is 2.61. The van der Waals surface area contributed by atoms with Gasteiger partial charge < -0.3 is 4.74 Å². The van der Waals surface area contributed by atoms with E-state index < -0.39 is 0 Å². The first-order chi connectivity index (χ1) is 12.0. The molecule has 128 valence electrons. The number of fused-ring (bicyclic) bond motifs is 1. The first-order valence-electron chi connectivity index (χ1n) is 8.27. The molecule has 0 unspecified atom stereocenters. The molecule has 4 heteroatoms. The second-order valence-corrected chi connectivity index (χ2v) is 7.87. The van der Waals surface area contributed by atoms with Crippen molar-refractivity contribution in [2.45, 2.75) is 30.6 Å². The Bertz CT molecular complexity index is 844. The first kappa shape index (κ1) is 17.7. The van der Waals surface area contributed by atoms with Gasteiger partial charge >= 0.3 is 0 Å². The molecule has 25 heavy (non-hydrogen) atoms. The Kier molecular flexibility index (Phi) is 5.27. The van der Waals surface area contributed by atoms with Crippen LogP contribution in [0.25, 0.3) is 0 Å². The van der Waals surface area contributed by atoms with Gasteiger partial charge in [0, 0.05) is 29.3 Å². The standard InChI is InChI=1S/C21H21NO2S/c1-21(2)10-11-25-20-9-5-15(12-18(20)21)4-7-17-8-6-16(13-22-17)19(23)14-24-3/h5-6,8-9,12-13H,10-11,14H2,1-3H3. The number of carbonyl (C=O) groups excluding carboxylic acids is 1. The van der Waals surface area contributed by atoms with E-state index in [9.17, 15) is 4.79 Å². The minimum atomic E-state index is -0.0797. The summed E-state index contributed by atoms with van der Waals surface area (Å²) in [6, 6.07) is 9.95. The van der Waals surface area contributed by atoms with Crippen LogP contribution in [0, 0.1) is 11.8 Å². The molecular weight excluding hydrogens is 330 g/mol. The topological polar surface area (TPSA) is 39.2 Å². The largest absolute Gasteiger partial charge is 0.377 e. The Morgan fingerprint density at radius 3 is 2.84 bits per heavy atom. The molecule has 0 spiro atoms. The van der Waals surface area contributed by atoms with Gasteiger partial charge in [0.15, 0.2) is 5.78 Å². The van der Waals surface area contributed by atoms with Crippen molar-refractivity contribution < 1.29 is 9.53 Å². The number of ketones is 1. The SMILES string of the molecule is COCC(=O)c1ccc(C#Cc2ccc3c(c2)C(C)(C)CCS3)nc1. The van der Waals surface area contributed by atoms with E-state index in [1.807, 2.05) is 11.8 Å². The number of nitrogens with zero attached hydrogens (tertiary/aromatic N) is 1. The molecule has 0 atom stereocenters. The van der Waals surface area contributed by atoms with Crippen molar-refractivity contribution in [1.29, 1.82) is 0 Å². The molecule has 0 radical (unpaired) electrons. The van der Waals surface area contributed by atoms with E-state index in [-0.39, 0.29) is 17.8 Å². The summed E-state index contributed by atoms with van der Waals surface area (Å²) >= 11 is 1.92. The van der Waals surface area contributed by atoms with Crippen LogP contribution in [0.5, 0.6) is 0 Å². The van der Waals surface area contributed by atoms with Gasteiger partial charge in [-0.1, -0.05) is 19.8 Å². The van der Waals surface area contributed by atoms with Crippen LogP contribution in [-0.2, 0) is 10.2 Å². The zero-order chi connectivity index (χ0) is 17.9. The van der Waals surface area contributed by atoms with Crippen LogP contribution < -0.4 is 0 Å². The Balaban J connectivity index is 1.81. The molecule has 2 heterocycles. The zero-order valence-corrected chi connectivity index (χ0v) is 15.6. The molecule has 0 bridgehead atoms. The third-order valence-corrected chi connectivity index (χ3v) is 5.46. The summed E-state index contributed by atoms with van der Waals surface area (Å²) in [6.45, 7) is 4.65. The van der Waals surface area contributed by atoms with Gasteiger partial charge in [-0.2, -0.15) is 0 Å². The highest BCUT2D eigenvalue weighted by Crippen LogP contribution is 2.41. The normalized spacial score (nSPS) is 15.0. The number of methoxy groups -OCH3 is 1. The van der Waals surface area contributed by atoms with E-state index in [1.54, 1.807) is 18.3 Å². The lowest BCUT2D eigenvalue weighted by atomic mass is 9.81. The highest BCUT2D eigenvalue weighted by molar-refractivity contribution is 7.99. The van der Waals surface area contributed by atoms with Crippen LogP contribution in [-0.4, -0.2) is 30.2 Å². The minimum absolute atomic E-state index is 0.0651. The van der Waals surface area contributed by atoms with Crippen molar-refractivity contribution in [3.05, 3.63) is 58.9 Å². The predicted molar refractivity (Wildman–Crippen MR) is 101 cm³/mol. The molecule has 0 amide bonds. The summed E-state index contributed by atoms with van der Waals surface area (Å²) in [5.74, 6) is 7.36. The Hall–Kier alpha value is -2.09. The third kappa shape index (κ3) is 4.12. The highest BCUT2D eigenvalue weighted by atomic mass is 32.2. The second-order valence-electron chi connectivity index (χ2n) is 6.73. The van der Waals surface area contributed by atoms with Crippen LogP contribution in [0.3, 0.4) is 0 Å². The van der Waals surface area contributed by atoms with Crippen molar-refractivity contribution in [3.8, 4) is 11.8 Å². The van der Waals surface area contributed by atoms with Crippen LogP contribution in [0.15, 0.2) is 41.4 Å². The number of Topliss-reactive ketones (excluding diaryl/α,β-unsaturated/α-hetero) is 1. The maximum Gasteiger partial charge on any atom is 0.189 e. The number of thioether (sulfide) groups is 1. The zero-order valence-electron chi connectivity index (χ0n) is 14.8. The van der Waals surface area contributed by atoms with Crippen molar-refractivity contribution in [3.63, 3.8) is 0 Å². The molecule has 3 nitrogen and oxygen atoms in total. The average molecular weight is 351 g/mol. The molecule has 1 aromatic carbocycles. The van der Waals surface area contributed by atoms with Gasteiger partial charge in [0.2, 0.25) is 0 Å². The molecule has 1 aromatic heterocycles. The number of benzene rings is 1. The van der Waals surface area contributed by atoms with Crippen LogP contribution in [0.4, 0.5) is 0 Å². The lowest BCUT2D eigenvalue weighted by Gasteiger charge is -2.32. The Morgan fingerprint density at radius 1 is 1.28 bits per heavy atom. The molecule has 0 saturated heterocycles. The fourth-order valence-corrected chi connectivity index (χ4v) is 4.28. The number of hydrogen-bond acceptors (Lipinski definition) is 4. The fourth-order valence-electron chi connectivity index (χ4n) is 2.80. The molecule has 0 aliphatic carbocycles. The van der Waals surface area contributed by atoms with E-state index in [0.717, 1.165) is 5.56 Å². The smallest absolute Gasteiger partial charge is 0.189 e. The predicted octanol–water partition coefficient (Wildman–Crippen LogP) is 4.08. The molecule has 0 fully saturated rings. The summed E-state index contributed by atoms with van der Waals surface area (Å²) in [5.41, 5.74) is 3.76. The lowest BCUT2D eigenvalue weighted by molar-refractivity contribution is 0.0847. The van der Waals surface area contributed by atoms with Crippen LogP contribution in [0.2, 0.25) is 0 Å². The first-order valence-corrected chi connectivity index (χ1v) is 9.26. The van der Waals surface area contributed by atoms with Gasteiger partial charge in [-0.15, -0.1) is 11.8 Å². The number of rotatable bonds is 3. The van der Waals surface area contributed by atoms with E-state index in [1.165, 1.54) is 29.7 Å². The number of hydrogen-bond donors (Lipinski definition) is 0. The summed E-state index contributed by atoms with van der Waals surface area (Å²) < 4.78 is 4.85. The molecule has 3 rings (SSSR count). The van der Waals surface area contributed by atoms with Gasteiger partial charge in [-0.05, 0) is 59.4 Å². The maximum atomic E-state index is 11.7. The fraction of sp³-hybridized carbons (Fsp3) is 0.333. The van der Waals surface area contributed by atoms with Crippen molar-refractivity contribution in [2.24, 2.45) is 0 Å². The maximum absolute atomic E-state index is 11.7. The summed E-state index contributed by atoms with van der Waals surface area (Å²) in [5, 5.41) is 0. The second kappa shape index (κ2) is 7.43. The van der Waals surface area contributed by atoms with E-state index in [2.05, 4.69) is 48.9 Å². The van der Waals surface area contributed by atoms with Gasteiger partial charge in [0.05, 0.1) is 0 Å². The molecule has 1 aliphatic heterocycles. The van der Waals surface area contributed by atoms with Gasteiger partial charge in [0.25, 0.3) is 0 Å². The van der Waals surface area contributed by atoms with E-state index in [4.69, 9.17) is 4.74 Å².